The van der Waals surface area contributed by atoms with Crippen LogP contribution in [0.1, 0.15) is 43.7 Å². The summed E-state index contributed by atoms with van der Waals surface area (Å²) in [6, 6.07) is 7.58. The Kier molecular flexibility index (Phi) is 5.30. The van der Waals surface area contributed by atoms with Gasteiger partial charge in [-0.05, 0) is 43.2 Å². The minimum atomic E-state index is -0.809. The Labute approximate surface area is 154 Å². The lowest BCUT2D eigenvalue weighted by molar-refractivity contribution is -0.137. The van der Waals surface area contributed by atoms with Gasteiger partial charge in [0.15, 0.2) is 0 Å². The third-order valence-corrected chi connectivity index (χ3v) is 5.78. The second-order valence-corrected chi connectivity index (χ2v) is 7.47. The lowest BCUT2D eigenvalue weighted by Crippen LogP contribution is -2.54. The number of benzene rings is 1. The summed E-state index contributed by atoms with van der Waals surface area (Å²) in [5.74, 6) is -0.451. The molecule has 6 heteroatoms. The molecule has 1 aromatic rings. The van der Waals surface area contributed by atoms with E-state index in [0.29, 0.717) is 13.0 Å². The van der Waals surface area contributed by atoms with Gasteiger partial charge in [-0.2, -0.15) is 0 Å². The van der Waals surface area contributed by atoms with Crippen LogP contribution in [0, 0.1) is 12.8 Å². The van der Waals surface area contributed by atoms with Gasteiger partial charge in [0.05, 0.1) is 0 Å². The van der Waals surface area contributed by atoms with Crippen LogP contribution in [0.25, 0.3) is 0 Å². The fourth-order valence-corrected chi connectivity index (χ4v) is 4.07. The molecule has 1 aromatic carbocycles. The van der Waals surface area contributed by atoms with Crippen molar-refractivity contribution >= 4 is 17.8 Å². The van der Waals surface area contributed by atoms with Crippen molar-refractivity contribution in [3.8, 4) is 0 Å². The molecule has 1 aliphatic carbocycles. The van der Waals surface area contributed by atoms with E-state index in [1.54, 1.807) is 0 Å². The molecule has 26 heavy (non-hydrogen) atoms. The lowest BCUT2D eigenvalue weighted by Gasteiger charge is -2.36. The van der Waals surface area contributed by atoms with Crippen molar-refractivity contribution in [1.82, 2.24) is 15.5 Å². The second-order valence-electron chi connectivity index (χ2n) is 7.47. The van der Waals surface area contributed by atoms with E-state index in [1.807, 2.05) is 38.1 Å². The summed E-state index contributed by atoms with van der Waals surface area (Å²) >= 11 is 0. The maximum absolute atomic E-state index is 12.8. The number of urea groups is 1. The zero-order valence-corrected chi connectivity index (χ0v) is 15.5. The Balaban J connectivity index is 1.55. The Morgan fingerprint density at radius 3 is 2.81 bits per heavy atom. The molecule has 1 spiro atoms. The van der Waals surface area contributed by atoms with Crippen LogP contribution >= 0.6 is 0 Å². The van der Waals surface area contributed by atoms with Crippen molar-refractivity contribution in [3.05, 3.63) is 35.4 Å². The van der Waals surface area contributed by atoms with E-state index < -0.39 is 11.6 Å². The van der Waals surface area contributed by atoms with Crippen LogP contribution in [0.4, 0.5) is 4.79 Å². The highest BCUT2D eigenvalue weighted by Gasteiger charge is 2.55. The normalized spacial score (nSPS) is 25.5. The first kappa shape index (κ1) is 18.4. The molecule has 0 aromatic heterocycles. The molecule has 2 N–H and O–H groups in total. The van der Waals surface area contributed by atoms with Crippen molar-refractivity contribution in [2.75, 3.05) is 13.1 Å². The predicted molar refractivity (Wildman–Crippen MR) is 98.5 cm³/mol. The standard InChI is InChI=1S/C20H27N3O3/c1-14-7-3-4-9-16(14)10-12-21-17(24)13-23-18(25)20(22-19(23)26)11-6-5-8-15(20)2/h3-4,7,9,15H,5-6,8,10-13H2,1-2H3,(H,21,24)(H,22,26)/t15-,20+/m0/s1. The van der Waals surface area contributed by atoms with Crippen LogP contribution in [-0.2, 0) is 16.0 Å². The molecule has 6 nitrogen and oxygen atoms in total. The molecule has 2 fully saturated rings. The molecule has 0 radical (unpaired) electrons. The Morgan fingerprint density at radius 1 is 1.31 bits per heavy atom. The zero-order chi connectivity index (χ0) is 18.7. The third kappa shape index (κ3) is 3.45. The van der Waals surface area contributed by atoms with Gasteiger partial charge in [-0.25, -0.2) is 4.79 Å². The van der Waals surface area contributed by atoms with Gasteiger partial charge in [0.2, 0.25) is 5.91 Å². The van der Waals surface area contributed by atoms with Crippen LogP contribution in [0.5, 0.6) is 0 Å². The lowest BCUT2D eigenvalue weighted by atomic mass is 9.73. The smallest absolute Gasteiger partial charge is 0.325 e. The number of carbonyl (C=O) groups is 3. The maximum atomic E-state index is 12.8. The quantitative estimate of drug-likeness (QED) is 0.793. The molecule has 1 saturated carbocycles. The Morgan fingerprint density at radius 2 is 2.08 bits per heavy atom. The molecule has 3 rings (SSSR count). The minimum absolute atomic E-state index is 0.0989. The van der Waals surface area contributed by atoms with E-state index in [-0.39, 0.29) is 24.3 Å². The highest BCUT2D eigenvalue weighted by molar-refractivity contribution is 6.09. The topological polar surface area (TPSA) is 78.5 Å². The second kappa shape index (κ2) is 7.48. The molecule has 1 aliphatic heterocycles. The summed E-state index contributed by atoms with van der Waals surface area (Å²) in [5, 5.41) is 5.69. The van der Waals surface area contributed by atoms with Crippen LogP contribution in [0.2, 0.25) is 0 Å². The van der Waals surface area contributed by atoms with Crippen LogP contribution in [0.15, 0.2) is 24.3 Å². The fraction of sp³-hybridized carbons (Fsp3) is 0.550. The van der Waals surface area contributed by atoms with Crippen LogP contribution in [0.3, 0.4) is 0 Å². The summed E-state index contributed by atoms with van der Waals surface area (Å²) in [5.41, 5.74) is 1.55. The monoisotopic (exact) mass is 357 g/mol. The first-order chi connectivity index (χ1) is 12.4. The van der Waals surface area contributed by atoms with Gasteiger partial charge in [-0.3, -0.25) is 14.5 Å². The molecular weight excluding hydrogens is 330 g/mol. The number of rotatable bonds is 5. The molecule has 2 aliphatic rings. The van der Waals surface area contributed by atoms with Crippen molar-refractivity contribution in [3.63, 3.8) is 0 Å². The highest BCUT2D eigenvalue weighted by atomic mass is 16.2. The summed E-state index contributed by atoms with van der Waals surface area (Å²) in [6.07, 6.45) is 4.30. The van der Waals surface area contributed by atoms with E-state index in [4.69, 9.17) is 0 Å². The van der Waals surface area contributed by atoms with Crippen molar-refractivity contribution in [1.29, 1.82) is 0 Å². The largest absolute Gasteiger partial charge is 0.354 e. The van der Waals surface area contributed by atoms with Crippen LogP contribution < -0.4 is 10.6 Å². The number of imide groups is 1. The van der Waals surface area contributed by atoms with Crippen LogP contribution in [-0.4, -0.2) is 41.4 Å². The van der Waals surface area contributed by atoms with Gasteiger partial charge in [0, 0.05) is 6.54 Å². The number of nitrogens with zero attached hydrogens (tertiary/aromatic N) is 1. The van der Waals surface area contributed by atoms with Crippen molar-refractivity contribution in [2.24, 2.45) is 5.92 Å². The number of hydrogen-bond donors (Lipinski definition) is 2. The first-order valence-corrected chi connectivity index (χ1v) is 9.39. The van der Waals surface area contributed by atoms with Gasteiger partial charge in [-0.1, -0.05) is 44.0 Å². The maximum Gasteiger partial charge on any atom is 0.325 e. The van der Waals surface area contributed by atoms with Gasteiger partial charge in [0.1, 0.15) is 12.1 Å². The van der Waals surface area contributed by atoms with E-state index in [9.17, 15) is 14.4 Å². The Hall–Kier alpha value is -2.37. The van der Waals surface area contributed by atoms with E-state index in [0.717, 1.165) is 30.6 Å². The third-order valence-electron chi connectivity index (χ3n) is 5.78. The molecular formula is C20H27N3O3. The van der Waals surface area contributed by atoms with E-state index in [1.165, 1.54) is 11.1 Å². The number of carbonyl (C=O) groups excluding carboxylic acids is 3. The molecule has 1 saturated heterocycles. The molecule has 0 bridgehead atoms. The average molecular weight is 357 g/mol. The fourth-order valence-electron chi connectivity index (χ4n) is 4.07. The molecule has 2 atom stereocenters. The van der Waals surface area contributed by atoms with Gasteiger partial charge >= 0.3 is 6.03 Å². The van der Waals surface area contributed by atoms with Gasteiger partial charge in [-0.15, -0.1) is 0 Å². The summed E-state index contributed by atoms with van der Waals surface area (Å²) in [6.45, 7) is 4.31. The van der Waals surface area contributed by atoms with E-state index in [2.05, 4.69) is 10.6 Å². The number of amides is 4. The molecule has 140 valence electrons. The van der Waals surface area contributed by atoms with Gasteiger partial charge in [0.25, 0.3) is 5.91 Å². The number of aryl methyl sites for hydroxylation is 1. The van der Waals surface area contributed by atoms with E-state index >= 15 is 0 Å². The molecule has 4 amide bonds. The SMILES string of the molecule is Cc1ccccc1CCNC(=O)CN1C(=O)N[C@@]2(CCCC[C@@H]2C)C1=O. The van der Waals surface area contributed by atoms with Gasteiger partial charge < -0.3 is 10.6 Å². The highest BCUT2D eigenvalue weighted by Crippen LogP contribution is 2.38. The number of nitrogens with one attached hydrogen (secondary N) is 2. The van der Waals surface area contributed by atoms with Crippen molar-refractivity contribution in [2.45, 2.75) is 51.5 Å². The molecule has 0 unspecified atom stereocenters. The number of hydrogen-bond acceptors (Lipinski definition) is 3. The Bertz CT molecular complexity index is 718. The average Bonchev–Trinajstić information content (AvgIpc) is 2.84. The van der Waals surface area contributed by atoms with Crippen molar-refractivity contribution < 1.29 is 14.4 Å². The minimum Gasteiger partial charge on any atom is -0.354 e. The summed E-state index contributed by atoms with van der Waals surface area (Å²) in [4.78, 5) is 38.4. The summed E-state index contributed by atoms with van der Waals surface area (Å²) < 4.78 is 0. The predicted octanol–water partition coefficient (Wildman–Crippen LogP) is 2.15. The summed E-state index contributed by atoms with van der Waals surface area (Å²) in [7, 11) is 0. The molecule has 1 heterocycles. The first-order valence-electron chi connectivity index (χ1n) is 9.39. The zero-order valence-electron chi connectivity index (χ0n) is 15.5.